The van der Waals surface area contributed by atoms with E-state index in [0.29, 0.717) is 30.3 Å². The first-order valence-electron chi connectivity index (χ1n) is 7.66. The van der Waals surface area contributed by atoms with Crippen molar-refractivity contribution in [3.8, 4) is 11.5 Å². The van der Waals surface area contributed by atoms with Crippen LogP contribution < -0.4 is 9.47 Å². The van der Waals surface area contributed by atoms with Crippen molar-refractivity contribution in [3.05, 3.63) is 68.2 Å². The highest BCUT2D eigenvalue weighted by Crippen LogP contribution is 2.35. The molecule has 4 nitrogen and oxygen atoms in total. The molecule has 0 aliphatic carbocycles. The highest BCUT2D eigenvalue weighted by molar-refractivity contribution is 14.1. The minimum atomic E-state index is -0.419. The van der Waals surface area contributed by atoms with Crippen molar-refractivity contribution in [2.75, 3.05) is 13.2 Å². The van der Waals surface area contributed by atoms with Crippen LogP contribution in [0.3, 0.4) is 0 Å². The predicted octanol–water partition coefficient (Wildman–Crippen LogP) is 5.37. The van der Waals surface area contributed by atoms with Gasteiger partial charge in [0.1, 0.15) is 13.2 Å². The lowest BCUT2D eigenvalue weighted by atomic mass is 10.2. The van der Waals surface area contributed by atoms with Crippen LogP contribution in [0.1, 0.15) is 22.8 Å². The van der Waals surface area contributed by atoms with E-state index in [4.69, 9.17) is 14.2 Å². The normalized spacial score (nSPS) is 10.2. The predicted molar refractivity (Wildman–Crippen MR) is 109 cm³/mol. The first kappa shape index (κ1) is 19.8. The second-order valence-corrected chi connectivity index (χ2v) is 7.10. The maximum Gasteiger partial charge on any atom is 0.338 e. The quantitative estimate of drug-likeness (QED) is 0.268. The van der Waals surface area contributed by atoms with E-state index in [9.17, 15) is 4.79 Å². The third-order valence-electron chi connectivity index (χ3n) is 3.15. The maximum atomic E-state index is 12.1. The van der Waals surface area contributed by atoms with Crippen LogP contribution in [0.2, 0.25) is 0 Å². The van der Waals surface area contributed by atoms with Gasteiger partial charge in [-0.3, -0.25) is 0 Å². The number of hydrogen-bond donors (Lipinski definition) is 0. The van der Waals surface area contributed by atoms with E-state index >= 15 is 0 Å². The van der Waals surface area contributed by atoms with E-state index in [1.165, 1.54) is 6.08 Å². The zero-order valence-corrected chi connectivity index (χ0v) is 17.5. The molecule has 0 saturated carbocycles. The van der Waals surface area contributed by atoms with Gasteiger partial charge in [-0.1, -0.05) is 40.7 Å². The SMILES string of the molecule is C=CCOC(=O)c1cc(I)c(OCc2cccc(Br)c2)c(OCC)c1. The van der Waals surface area contributed by atoms with E-state index in [1.807, 2.05) is 31.2 Å². The van der Waals surface area contributed by atoms with Crippen molar-refractivity contribution in [2.24, 2.45) is 0 Å². The molecule has 0 radical (unpaired) electrons. The Morgan fingerprint density at radius 2 is 2.08 bits per heavy atom. The second-order valence-electron chi connectivity index (χ2n) is 5.02. The van der Waals surface area contributed by atoms with Crippen LogP contribution in [-0.4, -0.2) is 19.2 Å². The summed E-state index contributed by atoms with van der Waals surface area (Å²) in [7, 11) is 0. The number of rotatable bonds is 8. The van der Waals surface area contributed by atoms with Gasteiger partial charge in [0.15, 0.2) is 11.5 Å². The minimum absolute atomic E-state index is 0.167. The topological polar surface area (TPSA) is 44.8 Å². The van der Waals surface area contributed by atoms with Crippen LogP contribution in [0.25, 0.3) is 0 Å². The number of carbonyl (C=O) groups excluding carboxylic acids is 1. The molecule has 0 amide bonds. The molecule has 25 heavy (non-hydrogen) atoms. The van der Waals surface area contributed by atoms with Crippen LogP contribution >= 0.6 is 38.5 Å². The van der Waals surface area contributed by atoms with E-state index in [1.54, 1.807) is 12.1 Å². The van der Waals surface area contributed by atoms with E-state index in [2.05, 4.69) is 45.1 Å². The van der Waals surface area contributed by atoms with Crippen LogP contribution in [-0.2, 0) is 11.3 Å². The van der Waals surface area contributed by atoms with Crippen LogP contribution in [0.5, 0.6) is 11.5 Å². The summed E-state index contributed by atoms with van der Waals surface area (Å²) >= 11 is 5.58. The average molecular weight is 517 g/mol. The number of carbonyl (C=O) groups is 1. The highest BCUT2D eigenvalue weighted by Gasteiger charge is 2.17. The highest BCUT2D eigenvalue weighted by atomic mass is 127. The molecule has 2 rings (SSSR count). The molecule has 0 spiro atoms. The van der Waals surface area contributed by atoms with Crippen LogP contribution in [0, 0.1) is 3.57 Å². The third-order valence-corrected chi connectivity index (χ3v) is 4.44. The molecular weight excluding hydrogens is 499 g/mol. The average Bonchev–Trinajstić information content (AvgIpc) is 2.59. The molecule has 0 aliphatic heterocycles. The van der Waals surface area contributed by atoms with Gasteiger partial charge in [0.05, 0.1) is 15.7 Å². The Balaban J connectivity index is 2.24. The molecule has 0 aliphatic rings. The number of esters is 1. The van der Waals surface area contributed by atoms with Crippen molar-refractivity contribution in [3.63, 3.8) is 0 Å². The van der Waals surface area contributed by atoms with Crippen molar-refractivity contribution >= 4 is 44.5 Å². The van der Waals surface area contributed by atoms with Gasteiger partial charge in [-0.05, 0) is 59.3 Å². The lowest BCUT2D eigenvalue weighted by molar-refractivity contribution is 0.0549. The van der Waals surface area contributed by atoms with Gasteiger partial charge in [-0.25, -0.2) is 4.79 Å². The van der Waals surface area contributed by atoms with E-state index in [-0.39, 0.29) is 6.61 Å². The molecule has 2 aromatic carbocycles. The summed E-state index contributed by atoms with van der Waals surface area (Å²) in [6, 6.07) is 11.3. The summed E-state index contributed by atoms with van der Waals surface area (Å²) < 4.78 is 18.5. The van der Waals surface area contributed by atoms with Crippen LogP contribution in [0.4, 0.5) is 0 Å². The maximum absolute atomic E-state index is 12.1. The van der Waals surface area contributed by atoms with Gasteiger partial charge < -0.3 is 14.2 Å². The largest absolute Gasteiger partial charge is 0.490 e. The van der Waals surface area contributed by atoms with Crippen molar-refractivity contribution in [2.45, 2.75) is 13.5 Å². The van der Waals surface area contributed by atoms with E-state index in [0.717, 1.165) is 13.6 Å². The fourth-order valence-corrected chi connectivity index (χ4v) is 3.29. The Morgan fingerprint density at radius 3 is 2.76 bits per heavy atom. The molecule has 0 bridgehead atoms. The first-order valence-corrected chi connectivity index (χ1v) is 9.54. The molecule has 132 valence electrons. The Hall–Kier alpha value is -1.54. The fourth-order valence-electron chi connectivity index (χ4n) is 2.09. The number of ether oxygens (including phenoxy) is 3. The summed E-state index contributed by atoms with van der Waals surface area (Å²) in [4.78, 5) is 12.1. The summed E-state index contributed by atoms with van der Waals surface area (Å²) in [5.74, 6) is 0.718. The number of halogens is 2. The molecule has 0 atom stereocenters. The van der Waals surface area contributed by atoms with Crippen molar-refractivity contribution in [1.29, 1.82) is 0 Å². The first-order chi connectivity index (χ1) is 12.0. The zero-order chi connectivity index (χ0) is 18.2. The molecule has 0 unspecified atom stereocenters. The Morgan fingerprint density at radius 1 is 1.28 bits per heavy atom. The summed E-state index contributed by atoms with van der Waals surface area (Å²) in [6.07, 6.45) is 1.53. The Kier molecular flexibility index (Phi) is 7.77. The van der Waals surface area contributed by atoms with Gasteiger partial charge in [-0.15, -0.1) is 0 Å². The zero-order valence-electron chi connectivity index (χ0n) is 13.8. The molecule has 6 heteroatoms. The van der Waals surface area contributed by atoms with Gasteiger partial charge in [0, 0.05) is 4.47 Å². The number of benzene rings is 2. The Labute approximate surface area is 169 Å². The van der Waals surface area contributed by atoms with Gasteiger partial charge in [0.25, 0.3) is 0 Å². The van der Waals surface area contributed by atoms with Gasteiger partial charge in [-0.2, -0.15) is 0 Å². The lowest BCUT2D eigenvalue weighted by Gasteiger charge is -2.15. The van der Waals surface area contributed by atoms with E-state index < -0.39 is 5.97 Å². The molecule has 0 N–H and O–H groups in total. The molecule has 2 aromatic rings. The summed E-state index contributed by atoms with van der Waals surface area (Å²) in [5.41, 5.74) is 1.45. The van der Waals surface area contributed by atoms with Crippen LogP contribution in [0.15, 0.2) is 53.5 Å². The molecular formula is C19H18BrIO4. The fraction of sp³-hybridized carbons (Fsp3) is 0.211. The molecule has 0 saturated heterocycles. The van der Waals surface area contributed by atoms with Gasteiger partial charge in [0.2, 0.25) is 0 Å². The monoisotopic (exact) mass is 516 g/mol. The summed E-state index contributed by atoms with van der Waals surface area (Å²) in [6.45, 7) is 6.45. The minimum Gasteiger partial charge on any atom is -0.490 e. The molecule has 0 heterocycles. The summed E-state index contributed by atoms with van der Waals surface area (Å²) in [5, 5.41) is 0. The lowest BCUT2D eigenvalue weighted by Crippen LogP contribution is -2.08. The van der Waals surface area contributed by atoms with Crippen molar-refractivity contribution < 1.29 is 19.0 Å². The third kappa shape index (κ3) is 5.74. The smallest absolute Gasteiger partial charge is 0.338 e. The van der Waals surface area contributed by atoms with Gasteiger partial charge >= 0.3 is 5.97 Å². The standard InChI is InChI=1S/C19H18BrIO4/c1-3-8-24-19(22)14-10-16(21)18(17(11-14)23-4-2)25-12-13-6-5-7-15(20)9-13/h3,5-7,9-11H,1,4,8,12H2,2H3. The van der Waals surface area contributed by atoms with Crippen molar-refractivity contribution in [1.82, 2.24) is 0 Å². The molecule has 0 aromatic heterocycles. The molecule has 0 fully saturated rings. The number of hydrogen-bond acceptors (Lipinski definition) is 4. The second kappa shape index (κ2) is 9.82. The Bertz CT molecular complexity index is 761.